The van der Waals surface area contributed by atoms with Gasteiger partial charge in [-0.15, -0.1) is 10.2 Å². The number of thioether (sulfide) groups is 1. The molecule has 0 spiro atoms. The lowest BCUT2D eigenvalue weighted by Gasteiger charge is -2.15. The highest BCUT2D eigenvalue weighted by Gasteiger charge is 2.16. The summed E-state index contributed by atoms with van der Waals surface area (Å²) in [6.45, 7) is 2.33. The Morgan fingerprint density at radius 2 is 1.96 bits per heavy atom. The van der Waals surface area contributed by atoms with Gasteiger partial charge in [0.2, 0.25) is 5.91 Å². The zero-order valence-electron chi connectivity index (χ0n) is 14.8. The zero-order valence-corrected chi connectivity index (χ0v) is 16.3. The number of furan rings is 1. The lowest BCUT2D eigenvalue weighted by atomic mass is 10.2. The van der Waals surface area contributed by atoms with Crippen LogP contribution in [0.3, 0.4) is 0 Å². The first kappa shape index (κ1) is 18.5. The average Bonchev–Trinajstić information content (AvgIpc) is 3.19. The minimum absolute atomic E-state index is 0.0000889. The summed E-state index contributed by atoms with van der Waals surface area (Å²) in [5.74, 6) is 2.62. The van der Waals surface area contributed by atoms with Crippen molar-refractivity contribution in [1.29, 1.82) is 0 Å². The van der Waals surface area contributed by atoms with Crippen molar-refractivity contribution < 1.29 is 9.21 Å². The van der Waals surface area contributed by atoms with Crippen molar-refractivity contribution >= 4 is 29.3 Å². The molecule has 2 aromatic heterocycles. The number of hydrogen-bond donors (Lipinski definition) is 0. The third-order valence-corrected chi connectivity index (χ3v) is 5.13. The average molecular weight is 391 g/mol. The van der Waals surface area contributed by atoms with Gasteiger partial charge in [0.15, 0.2) is 11.0 Å². The van der Waals surface area contributed by atoms with Crippen LogP contribution in [-0.4, -0.2) is 38.4 Å². The molecule has 6 nitrogen and oxygen atoms in total. The monoisotopic (exact) mass is 390 g/mol. The van der Waals surface area contributed by atoms with Crippen LogP contribution in [0.2, 0.25) is 5.02 Å². The van der Waals surface area contributed by atoms with Crippen LogP contribution in [0.5, 0.6) is 0 Å². The second-order valence-electron chi connectivity index (χ2n) is 5.92. The van der Waals surface area contributed by atoms with Crippen LogP contribution in [0.4, 0.5) is 0 Å². The highest BCUT2D eigenvalue weighted by atomic mass is 35.5. The predicted molar refractivity (Wildman–Crippen MR) is 102 cm³/mol. The lowest BCUT2D eigenvalue weighted by Crippen LogP contribution is -2.27. The maximum absolute atomic E-state index is 12.3. The number of aryl methyl sites for hydroxylation is 1. The van der Waals surface area contributed by atoms with Crippen molar-refractivity contribution in [3.63, 3.8) is 0 Å². The molecule has 0 saturated heterocycles. The van der Waals surface area contributed by atoms with E-state index in [0.717, 1.165) is 22.9 Å². The van der Waals surface area contributed by atoms with Crippen molar-refractivity contribution in [2.45, 2.75) is 18.6 Å². The van der Waals surface area contributed by atoms with E-state index in [4.69, 9.17) is 16.0 Å². The molecule has 0 atom stereocenters. The molecule has 0 aliphatic carbocycles. The fraction of sp³-hybridized carbons (Fsp3) is 0.278. The summed E-state index contributed by atoms with van der Waals surface area (Å²) in [7, 11) is 3.64. The minimum atomic E-state index is 0.0000889. The van der Waals surface area contributed by atoms with E-state index < -0.39 is 0 Å². The SMILES string of the molecule is Cc1ccc(CN(C)C(=O)CSc2nnc(-c3ccc(Cl)cc3)n2C)o1. The molecule has 0 aliphatic heterocycles. The molecular weight excluding hydrogens is 372 g/mol. The highest BCUT2D eigenvalue weighted by Crippen LogP contribution is 2.24. The van der Waals surface area contributed by atoms with Gasteiger partial charge in [0.05, 0.1) is 12.3 Å². The molecule has 0 radical (unpaired) electrons. The zero-order chi connectivity index (χ0) is 18.7. The van der Waals surface area contributed by atoms with Crippen LogP contribution in [0.15, 0.2) is 46.0 Å². The number of rotatable bonds is 6. The highest BCUT2D eigenvalue weighted by molar-refractivity contribution is 7.99. The van der Waals surface area contributed by atoms with Gasteiger partial charge in [0, 0.05) is 24.7 Å². The summed E-state index contributed by atoms with van der Waals surface area (Å²) in [6, 6.07) is 11.2. The van der Waals surface area contributed by atoms with Crippen molar-refractivity contribution in [2.24, 2.45) is 7.05 Å². The number of carbonyl (C=O) groups excluding carboxylic acids is 1. The van der Waals surface area contributed by atoms with Crippen LogP contribution in [0, 0.1) is 6.92 Å². The van der Waals surface area contributed by atoms with Crippen molar-refractivity contribution in [3.05, 3.63) is 52.9 Å². The Morgan fingerprint density at radius 1 is 1.23 bits per heavy atom. The van der Waals surface area contributed by atoms with E-state index in [-0.39, 0.29) is 11.7 Å². The van der Waals surface area contributed by atoms with Crippen LogP contribution in [-0.2, 0) is 18.4 Å². The first-order valence-corrected chi connectivity index (χ1v) is 9.38. The summed E-state index contributed by atoms with van der Waals surface area (Å²) in [5, 5.41) is 9.76. The van der Waals surface area contributed by atoms with E-state index >= 15 is 0 Å². The molecule has 8 heteroatoms. The van der Waals surface area contributed by atoms with Gasteiger partial charge in [-0.3, -0.25) is 4.79 Å². The third-order valence-electron chi connectivity index (χ3n) is 3.88. The van der Waals surface area contributed by atoms with Crippen LogP contribution >= 0.6 is 23.4 Å². The number of amides is 1. The maximum atomic E-state index is 12.3. The largest absolute Gasteiger partial charge is 0.464 e. The van der Waals surface area contributed by atoms with Crippen molar-refractivity contribution in [2.75, 3.05) is 12.8 Å². The molecule has 136 valence electrons. The fourth-order valence-electron chi connectivity index (χ4n) is 2.42. The number of aromatic nitrogens is 3. The topological polar surface area (TPSA) is 64.2 Å². The second-order valence-corrected chi connectivity index (χ2v) is 7.30. The number of halogens is 1. The van der Waals surface area contributed by atoms with Crippen molar-refractivity contribution in [1.82, 2.24) is 19.7 Å². The van der Waals surface area contributed by atoms with Crippen LogP contribution in [0.25, 0.3) is 11.4 Å². The molecule has 0 bridgehead atoms. The molecule has 26 heavy (non-hydrogen) atoms. The van der Waals surface area contributed by atoms with Gasteiger partial charge < -0.3 is 13.9 Å². The van der Waals surface area contributed by atoms with Gasteiger partial charge >= 0.3 is 0 Å². The summed E-state index contributed by atoms with van der Waals surface area (Å²) >= 11 is 7.28. The van der Waals surface area contributed by atoms with Gasteiger partial charge in [-0.25, -0.2) is 0 Å². The molecule has 0 saturated carbocycles. The predicted octanol–water partition coefficient (Wildman–Crippen LogP) is 3.79. The summed E-state index contributed by atoms with van der Waals surface area (Å²) in [6.07, 6.45) is 0. The standard InChI is InChI=1S/C18H19ClN4O2S/c1-12-4-9-15(25-12)10-22(2)16(24)11-26-18-21-20-17(23(18)3)13-5-7-14(19)8-6-13/h4-9H,10-11H2,1-3H3. The first-order valence-electron chi connectivity index (χ1n) is 8.01. The number of nitrogens with zero attached hydrogens (tertiary/aromatic N) is 4. The first-order chi connectivity index (χ1) is 12.4. The van der Waals surface area contributed by atoms with Gasteiger partial charge in [-0.2, -0.15) is 0 Å². The summed E-state index contributed by atoms with van der Waals surface area (Å²) in [5.41, 5.74) is 0.924. The molecule has 0 fully saturated rings. The quantitative estimate of drug-likeness (QED) is 0.599. The van der Waals surface area contributed by atoms with E-state index in [2.05, 4.69) is 10.2 Å². The van der Waals surface area contributed by atoms with E-state index in [1.807, 2.05) is 54.9 Å². The van der Waals surface area contributed by atoms with Gasteiger partial charge in [-0.1, -0.05) is 23.4 Å². The Bertz CT molecular complexity index is 904. The van der Waals surface area contributed by atoms with E-state index in [1.165, 1.54) is 11.8 Å². The maximum Gasteiger partial charge on any atom is 0.233 e. The Morgan fingerprint density at radius 3 is 2.62 bits per heavy atom. The van der Waals surface area contributed by atoms with E-state index in [9.17, 15) is 4.79 Å². The van der Waals surface area contributed by atoms with Gasteiger partial charge in [0.1, 0.15) is 11.5 Å². The normalized spacial score (nSPS) is 10.9. The molecule has 3 aromatic rings. The number of carbonyl (C=O) groups is 1. The molecule has 0 N–H and O–H groups in total. The Hall–Kier alpha value is -2.25. The summed E-state index contributed by atoms with van der Waals surface area (Å²) < 4.78 is 7.38. The Kier molecular flexibility index (Phi) is 5.68. The van der Waals surface area contributed by atoms with Gasteiger partial charge in [0.25, 0.3) is 0 Å². The van der Waals surface area contributed by atoms with Crippen molar-refractivity contribution in [3.8, 4) is 11.4 Å². The third kappa shape index (κ3) is 4.28. The molecule has 1 aromatic carbocycles. The van der Waals surface area contributed by atoms with E-state index in [0.29, 0.717) is 16.7 Å². The van der Waals surface area contributed by atoms with Crippen LogP contribution in [0.1, 0.15) is 11.5 Å². The number of benzene rings is 1. The van der Waals surface area contributed by atoms with Crippen LogP contribution < -0.4 is 0 Å². The molecule has 3 rings (SSSR count). The second kappa shape index (κ2) is 7.97. The fourth-order valence-corrected chi connectivity index (χ4v) is 3.40. The molecule has 0 unspecified atom stereocenters. The lowest BCUT2D eigenvalue weighted by molar-refractivity contribution is -0.127. The van der Waals surface area contributed by atoms with E-state index in [1.54, 1.807) is 11.9 Å². The molecular formula is C18H19ClN4O2S. The molecule has 0 aliphatic rings. The molecule has 1 amide bonds. The smallest absolute Gasteiger partial charge is 0.233 e. The molecule has 2 heterocycles. The summed E-state index contributed by atoms with van der Waals surface area (Å²) in [4.78, 5) is 14.0. The minimum Gasteiger partial charge on any atom is -0.464 e. The van der Waals surface area contributed by atoms with Gasteiger partial charge in [-0.05, 0) is 43.3 Å². The number of hydrogen-bond acceptors (Lipinski definition) is 5. The Labute approximate surface area is 161 Å². The Balaban J connectivity index is 1.61.